The van der Waals surface area contributed by atoms with Crippen molar-refractivity contribution in [3.8, 4) is 0 Å². The van der Waals surface area contributed by atoms with Crippen molar-refractivity contribution < 1.29 is 14.3 Å². The Kier molecular flexibility index (Phi) is 6.53. The monoisotopic (exact) mass is 419 g/mol. The fraction of sp³-hybridized carbons (Fsp3) is 0.792. The van der Waals surface area contributed by atoms with E-state index in [1.165, 1.54) is 18.5 Å². The first-order valence-corrected chi connectivity index (χ1v) is 13.9. The molecule has 3 heterocycles. The minimum absolute atomic E-state index is 0.0197. The zero-order chi connectivity index (χ0) is 21.7. The van der Waals surface area contributed by atoms with E-state index in [9.17, 15) is 9.90 Å². The summed E-state index contributed by atoms with van der Waals surface area (Å²) in [5.74, 6) is -0.126. The fourth-order valence-corrected chi connectivity index (χ4v) is 12.1. The summed E-state index contributed by atoms with van der Waals surface area (Å²) >= 11 is 0. The summed E-state index contributed by atoms with van der Waals surface area (Å²) in [5, 5.41) is 10.2. The maximum atomic E-state index is 13.1. The van der Waals surface area contributed by atoms with E-state index < -0.39 is 14.4 Å². The van der Waals surface area contributed by atoms with E-state index in [2.05, 4.69) is 53.0 Å². The van der Waals surface area contributed by atoms with Gasteiger partial charge < -0.3 is 14.1 Å². The topological polar surface area (TPSA) is 51.5 Å². The van der Waals surface area contributed by atoms with Gasteiger partial charge in [0.25, 0.3) is 0 Å². The van der Waals surface area contributed by atoms with E-state index in [0.717, 1.165) is 36.1 Å². The van der Waals surface area contributed by atoms with Crippen LogP contribution in [-0.2, 0) is 17.3 Å². The van der Waals surface area contributed by atoms with Crippen molar-refractivity contribution in [2.45, 2.75) is 122 Å². The van der Waals surface area contributed by atoms with Gasteiger partial charge in [0, 0.05) is 17.3 Å². The van der Waals surface area contributed by atoms with Crippen molar-refractivity contribution >= 4 is 14.1 Å². The van der Waals surface area contributed by atoms with Crippen molar-refractivity contribution in [3.63, 3.8) is 0 Å². The molecule has 5 heteroatoms. The quantitative estimate of drug-likeness (QED) is 0.407. The third-order valence-corrected chi connectivity index (χ3v) is 13.7. The largest absolute Gasteiger partial charge is 0.408 e. The van der Waals surface area contributed by atoms with E-state index >= 15 is 0 Å². The lowest BCUT2D eigenvalue weighted by atomic mass is 9.92. The highest BCUT2D eigenvalue weighted by atomic mass is 28.4. The second-order valence-corrected chi connectivity index (χ2v) is 15.6. The van der Waals surface area contributed by atoms with Crippen molar-refractivity contribution in [2.75, 3.05) is 0 Å². The SMILES string of the molecule is CCc1c(C(=O)[C@H](C)O)c2n3c1CCC[C@@H]3C[C@@H]2O[Si](C(C)C)(C(C)C)C(C)C. The first-order valence-electron chi connectivity index (χ1n) is 11.7. The second kappa shape index (κ2) is 8.31. The summed E-state index contributed by atoms with van der Waals surface area (Å²) in [4.78, 5) is 13.1. The normalized spacial score (nSPS) is 22.6. The van der Waals surface area contributed by atoms with Gasteiger partial charge in [-0.25, -0.2) is 0 Å². The summed E-state index contributed by atoms with van der Waals surface area (Å²) in [6, 6.07) is 0.442. The number of aliphatic hydroxyl groups is 1. The summed E-state index contributed by atoms with van der Waals surface area (Å²) in [6.45, 7) is 17.7. The van der Waals surface area contributed by atoms with Gasteiger partial charge in [0.2, 0.25) is 8.32 Å². The molecule has 164 valence electrons. The van der Waals surface area contributed by atoms with Crippen LogP contribution in [0.4, 0.5) is 0 Å². The molecule has 0 radical (unpaired) electrons. The molecule has 3 atom stereocenters. The van der Waals surface area contributed by atoms with Crippen LogP contribution in [0.15, 0.2) is 0 Å². The number of rotatable bonds is 8. The Hall–Kier alpha value is -0.913. The number of carbonyl (C=O) groups is 1. The van der Waals surface area contributed by atoms with Crippen molar-refractivity contribution in [2.24, 2.45) is 0 Å². The zero-order valence-electron chi connectivity index (χ0n) is 19.7. The van der Waals surface area contributed by atoms with Crippen LogP contribution in [0.25, 0.3) is 0 Å². The molecule has 0 fully saturated rings. The maximum Gasteiger partial charge on any atom is 0.201 e. The smallest absolute Gasteiger partial charge is 0.201 e. The van der Waals surface area contributed by atoms with E-state index in [1.807, 2.05) is 0 Å². The maximum absolute atomic E-state index is 13.1. The fourth-order valence-electron chi connectivity index (χ4n) is 6.55. The molecule has 2 aliphatic heterocycles. The Labute approximate surface area is 178 Å². The summed E-state index contributed by atoms with van der Waals surface area (Å²) < 4.78 is 9.70. The number of hydrogen-bond acceptors (Lipinski definition) is 3. The van der Waals surface area contributed by atoms with Crippen LogP contribution in [-0.4, -0.2) is 29.9 Å². The van der Waals surface area contributed by atoms with Gasteiger partial charge in [-0.3, -0.25) is 4.79 Å². The van der Waals surface area contributed by atoms with Gasteiger partial charge in [-0.05, 0) is 61.2 Å². The Balaban J connectivity index is 2.17. The number of ketones is 1. The minimum atomic E-state index is -2.07. The molecule has 3 rings (SSSR count). The Morgan fingerprint density at radius 2 is 1.72 bits per heavy atom. The van der Waals surface area contributed by atoms with E-state index in [-0.39, 0.29) is 11.9 Å². The molecule has 1 aromatic heterocycles. The average Bonchev–Trinajstić information content (AvgIpc) is 3.17. The van der Waals surface area contributed by atoms with Crippen LogP contribution >= 0.6 is 0 Å². The van der Waals surface area contributed by atoms with Gasteiger partial charge in [0.05, 0.1) is 11.8 Å². The standard InChI is InChI=1S/C24H41NO3Si/c1-9-19-20-12-10-11-18-13-21(23(25(18)20)22(19)24(27)17(8)26)28-29(14(2)3,15(4)5)16(6)7/h14-18,21,26H,9-13H2,1-8H3/t17-,18+,21-/m0/s1. The number of aliphatic hydroxyl groups excluding tert-OH is 1. The van der Waals surface area contributed by atoms with Gasteiger partial charge in [-0.2, -0.15) is 0 Å². The van der Waals surface area contributed by atoms with Gasteiger partial charge in [0.1, 0.15) is 6.10 Å². The number of nitrogens with zero attached hydrogens (tertiary/aromatic N) is 1. The molecular formula is C24H41NO3Si. The average molecular weight is 420 g/mol. The molecule has 0 aliphatic carbocycles. The van der Waals surface area contributed by atoms with E-state index in [1.54, 1.807) is 6.92 Å². The van der Waals surface area contributed by atoms with Gasteiger partial charge in [0.15, 0.2) is 5.78 Å². The summed E-state index contributed by atoms with van der Waals surface area (Å²) in [6.07, 6.45) is 4.21. The molecule has 0 unspecified atom stereocenters. The second-order valence-electron chi connectivity index (χ2n) is 10.2. The first-order chi connectivity index (χ1) is 13.6. The highest BCUT2D eigenvalue weighted by Gasteiger charge is 2.50. The molecule has 0 aromatic carbocycles. The van der Waals surface area contributed by atoms with E-state index in [4.69, 9.17) is 4.43 Å². The zero-order valence-corrected chi connectivity index (χ0v) is 20.7. The van der Waals surface area contributed by atoms with Crippen LogP contribution in [0.3, 0.4) is 0 Å². The van der Waals surface area contributed by atoms with Crippen LogP contribution in [0.1, 0.15) is 114 Å². The number of aromatic nitrogens is 1. The highest BCUT2D eigenvalue weighted by Crippen LogP contribution is 2.53. The lowest BCUT2D eigenvalue weighted by Crippen LogP contribution is -2.48. The molecule has 0 saturated carbocycles. The predicted octanol–water partition coefficient (Wildman–Crippen LogP) is 6.13. The van der Waals surface area contributed by atoms with Crippen LogP contribution in [0.5, 0.6) is 0 Å². The van der Waals surface area contributed by atoms with Gasteiger partial charge >= 0.3 is 0 Å². The minimum Gasteiger partial charge on any atom is -0.408 e. The molecule has 1 aromatic rings. The third kappa shape index (κ3) is 3.47. The molecule has 0 saturated heterocycles. The summed E-state index contributed by atoms with van der Waals surface area (Å²) in [7, 11) is -2.07. The lowest BCUT2D eigenvalue weighted by molar-refractivity contribution is 0.0772. The Morgan fingerprint density at radius 1 is 1.14 bits per heavy atom. The van der Waals surface area contributed by atoms with Crippen molar-refractivity contribution in [1.82, 2.24) is 4.57 Å². The number of Topliss-reactive ketones (excluding diaryl/α,β-unsaturated/α-hetero) is 1. The Morgan fingerprint density at radius 3 is 2.21 bits per heavy atom. The third-order valence-electron chi connectivity index (χ3n) is 7.60. The van der Waals surface area contributed by atoms with Crippen LogP contribution < -0.4 is 0 Å². The van der Waals surface area contributed by atoms with Crippen LogP contribution in [0, 0.1) is 0 Å². The summed E-state index contributed by atoms with van der Waals surface area (Å²) in [5.41, 5.74) is 5.90. The van der Waals surface area contributed by atoms with Crippen LogP contribution in [0.2, 0.25) is 16.6 Å². The molecule has 4 nitrogen and oxygen atoms in total. The van der Waals surface area contributed by atoms with Crippen molar-refractivity contribution in [1.29, 1.82) is 0 Å². The lowest BCUT2D eigenvalue weighted by Gasteiger charge is -2.44. The highest BCUT2D eigenvalue weighted by molar-refractivity contribution is 6.77. The predicted molar refractivity (Wildman–Crippen MR) is 121 cm³/mol. The van der Waals surface area contributed by atoms with Gasteiger partial charge in [-0.1, -0.05) is 48.5 Å². The molecule has 0 bridgehead atoms. The molecule has 0 amide bonds. The van der Waals surface area contributed by atoms with E-state index in [0.29, 0.717) is 22.7 Å². The molecule has 1 N–H and O–H groups in total. The molecular weight excluding hydrogens is 378 g/mol. The molecule has 0 spiro atoms. The molecule has 29 heavy (non-hydrogen) atoms. The number of carbonyl (C=O) groups excluding carboxylic acids is 1. The van der Waals surface area contributed by atoms with Crippen molar-refractivity contribution in [3.05, 3.63) is 22.5 Å². The number of hydrogen-bond donors (Lipinski definition) is 1. The Bertz CT molecular complexity index is 741. The van der Waals surface area contributed by atoms with Gasteiger partial charge in [-0.15, -0.1) is 0 Å². The molecule has 2 aliphatic rings. The first kappa shape index (κ1) is 22.8.